The average molecular weight is 351 g/mol. The summed E-state index contributed by atoms with van der Waals surface area (Å²) in [5.41, 5.74) is 2.93. The summed E-state index contributed by atoms with van der Waals surface area (Å²) in [4.78, 5) is 24.1. The van der Waals surface area contributed by atoms with Gasteiger partial charge in [-0.15, -0.1) is 0 Å². The topological polar surface area (TPSA) is 68.5 Å². The second-order valence-electron chi connectivity index (χ2n) is 6.44. The molecule has 5 nitrogen and oxygen atoms in total. The van der Waals surface area contributed by atoms with E-state index in [4.69, 9.17) is 9.15 Å². The van der Waals surface area contributed by atoms with E-state index in [1.807, 2.05) is 24.3 Å². The van der Waals surface area contributed by atoms with E-state index < -0.39 is 0 Å². The summed E-state index contributed by atoms with van der Waals surface area (Å²) < 4.78 is 10.7. The smallest absolute Gasteiger partial charge is 0.250 e. The molecule has 26 heavy (non-hydrogen) atoms. The molecule has 3 aromatic rings. The van der Waals surface area contributed by atoms with Crippen LogP contribution in [0, 0.1) is 0 Å². The quantitative estimate of drug-likeness (QED) is 0.749. The molecule has 1 heterocycles. The van der Waals surface area contributed by atoms with Crippen LogP contribution in [0.25, 0.3) is 22.3 Å². The fourth-order valence-corrected chi connectivity index (χ4v) is 2.74. The van der Waals surface area contributed by atoms with Crippen molar-refractivity contribution in [1.29, 1.82) is 0 Å². The third kappa shape index (κ3) is 3.83. The Morgan fingerprint density at radius 3 is 2.50 bits per heavy atom. The Hall–Kier alpha value is -2.92. The maximum atomic E-state index is 12.5. The van der Waals surface area contributed by atoms with Gasteiger partial charge in [0.25, 0.3) is 0 Å². The lowest BCUT2D eigenvalue weighted by atomic mass is 10.0. The normalized spacial score (nSPS) is 11.1. The Bertz CT molecular complexity index is 987. The number of hydrogen-bond acceptors (Lipinski definition) is 4. The molecule has 0 aliphatic rings. The summed E-state index contributed by atoms with van der Waals surface area (Å²) in [7, 11) is 1.45. The molecule has 0 saturated carbocycles. The van der Waals surface area contributed by atoms with Gasteiger partial charge in [-0.1, -0.05) is 38.1 Å². The van der Waals surface area contributed by atoms with E-state index in [9.17, 15) is 9.59 Å². The Morgan fingerprint density at radius 1 is 1.12 bits per heavy atom. The molecule has 0 radical (unpaired) electrons. The van der Waals surface area contributed by atoms with E-state index in [1.54, 1.807) is 18.2 Å². The number of carbonyl (C=O) groups is 1. The van der Waals surface area contributed by atoms with Gasteiger partial charge in [0.05, 0.1) is 5.39 Å². The summed E-state index contributed by atoms with van der Waals surface area (Å²) >= 11 is 0. The van der Waals surface area contributed by atoms with Gasteiger partial charge in [-0.2, -0.15) is 0 Å². The van der Waals surface area contributed by atoms with Crippen molar-refractivity contribution in [3.05, 3.63) is 64.3 Å². The van der Waals surface area contributed by atoms with Crippen LogP contribution in [0.2, 0.25) is 0 Å². The van der Waals surface area contributed by atoms with Crippen molar-refractivity contribution in [1.82, 2.24) is 0 Å². The zero-order valence-corrected chi connectivity index (χ0v) is 15.0. The molecule has 2 aromatic carbocycles. The van der Waals surface area contributed by atoms with Gasteiger partial charge in [-0.3, -0.25) is 9.59 Å². The van der Waals surface area contributed by atoms with Gasteiger partial charge >= 0.3 is 0 Å². The second kappa shape index (κ2) is 7.54. The van der Waals surface area contributed by atoms with Gasteiger partial charge in [0, 0.05) is 24.4 Å². The molecule has 0 unspecified atom stereocenters. The SMILES string of the molecule is COCC(=O)Nc1ccc2oc(-c3ccc(C(C)C)cc3)cc(=O)c2c1. The largest absolute Gasteiger partial charge is 0.456 e. The van der Waals surface area contributed by atoms with Crippen molar-refractivity contribution in [2.24, 2.45) is 0 Å². The number of anilines is 1. The number of rotatable bonds is 5. The zero-order chi connectivity index (χ0) is 18.7. The monoisotopic (exact) mass is 351 g/mol. The van der Waals surface area contributed by atoms with Crippen LogP contribution in [0.3, 0.4) is 0 Å². The first-order valence-corrected chi connectivity index (χ1v) is 8.45. The highest BCUT2D eigenvalue weighted by Crippen LogP contribution is 2.25. The maximum absolute atomic E-state index is 12.5. The van der Waals surface area contributed by atoms with Gasteiger partial charge in [0.15, 0.2) is 5.43 Å². The number of methoxy groups -OCH3 is 1. The van der Waals surface area contributed by atoms with Crippen molar-refractivity contribution < 1.29 is 13.9 Å². The number of carbonyl (C=O) groups excluding carboxylic acids is 1. The molecule has 0 aliphatic carbocycles. The van der Waals surface area contributed by atoms with Crippen LogP contribution in [0.4, 0.5) is 5.69 Å². The summed E-state index contributed by atoms with van der Waals surface area (Å²) in [5.74, 6) is 0.687. The molecule has 0 spiro atoms. The van der Waals surface area contributed by atoms with Crippen LogP contribution in [0.5, 0.6) is 0 Å². The fourth-order valence-electron chi connectivity index (χ4n) is 2.74. The Kier molecular flexibility index (Phi) is 5.19. The molecule has 1 N–H and O–H groups in total. The lowest BCUT2D eigenvalue weighted by Crippen LogP contribution is -2.17. The third-order valence-electron chi connectivity index (χ3n) is 4.15. The van der Waals surface area contributed by atoms with Crippen molar-refractivity contribution in [3.8, 4) is 11.3 Å². The maximum Gasteiger partial charge on any atom is 0.250 e. The minimum Gasteiger partial charge on any atom is -0.456 e. The first-order chi connectivity index (χ1) is 12.5. The highest BCUT2D eigenvalue weighted by Gasteiger charge is 2.10. The van der Waals surface area contributed by atoms with Gasteiger partial charge in [0.1, 0.15) is 18.0 Å². The summed E-state index contributed by atoms with van der Waals surface area (Å²) in [6.07, 6.45) is 0. The Balaban J connectivity index is 1.95. The van der Waals surface area contributed by atoms with Crippen molar-refractivity contribution >= 4 is 22.6 Å². The number of amides is 1. The second-order valence-corrected chi connectivity index (χ2v) is 6.44. The van der Waals surface area contributed by atoms with Crippen LogP contribution in [0.1, 0.15) is 25.3 Å². The number of fused-ring (bicyclic) bond motifs is 1. The standard InChI is InChI=1S/C21H21NO4/c1-13(2)14-4-6-15(7-5-14)20-11-18(23)17-10-16(8-9-19(17)26-20)22-21(24)12-25-3/h4-11,13H,12H2,1-3H3,(H,22,24). The molecule has 0 fully saturated rings. The van der Waals surface area contributed by atoms with E-state index in [0.717, 1.165) is 5.56 Å². The van der Waals surface area contributed by atoms with E-state index in [0.29, 0.717) is 28.3 Å². The lowest BCUT2D eigenvalue weighted by molar-refractivity contribution is -0.119. The summed E-state index contributed by atoms with van der Waals surface area (Å²) in [6.45, 7) is 4.22. The molecule has 0 aliphatic heterocycles. The molecular weight excluding hydrogens is 330 g/mol. The zero-order valence-electron chi connectivity index (χ0n) is 15.0. The molecule has 3 rings (SSSR count). The van der Waals surface area contributed by atoms with E-state index in [2.05, 4.69) is 19.2 Å². The van der Waals surface area contributed by atoms with Gasteiger partial charge in [-0.05, 0) is 29.7 Å². The van der Waals surface area contributed by atoms with Crippen LogP contribution in [0.15, 0.2) is 57.7 Å². The Labute approximate surface area is 151 Å². The predicted octanol–water partition coefficient (Wildman–Crippen LogP) is 4.17. The van der Waals surface area contributed by atoms with Gasteiger partial charge in [-0.25, -0.2) is 0 Å². The van der Waals surface area contributed by atoms with E-state index >= 15 is 0 Å². The average Bonchev–Trinajstić information content (AvgIpc) is 2.62. The first kappa shape index (κ1) is 17.9. The van der Waals surface area contributed by atoms with Crippen molar-refractivity contribution in [2.45, 2.75) is 19.8 Å². The molecule has 1 amide bonds. The van der Waals surface area contributed by atoms with Crippen LogP contribution < -0.4 is 10.7 Å². The van der Waals surface area contributed by atoms with Gasteiger partial charge in [0.2, 0.25) is 5.91 Å². The third-order valence-corrected chi connectivity index (χ3v) is 4.15. The van der Waals surface area contributed by atoms with Gasteiger partial charge < -0.3 is 14.5 Å². The summed E-state index contributed by atoms with van der Waals surface area (Å²) in [5, 5.41) is 3.10. The van der Waals surface area contributed by atoms with Crippen molar-refractivity contribution in [2.75, 3.05) is 19.0 Å². The fraction of sp³-hybridized carbons (Fsp3) is 0.238. The highest BCUT2D eigenvalue weighted by atomic mass is 16.5. The molecule has 0 atom stereocenters. The number of benzene rings is 2. The molecular formula is C21H21NO4. The van der Waals surface area contributed by atoms with E-state index in [1.165, 1.54) is 18.7 Å². The number of nitrogens with one attached hydrogen (secondary N) is 1. The molecule has 1 aromatic heterocycles. The molecule has 5 heteroatoms. The predicted molar refractivity (Wildman–Crippen MR) is 103 cm³/mol. The Morgan fingerprint density at radius 2 is 1.85 bits per heavy atom. The number of hydrogen-bond donors (Lipinski definition) is 1. The molecule has 0 saturated heterocycles. The molecule has 0 bridgehead atoms. The summed E-state index contributed by atoms with van der Waals surface area (Å²) in [6, 6.07) is 14.5. The van der Waals surface area contributed by atoms with Crippen LogP contribution >= 0.6 is 0 Å². The van der Waals surface area contributed by atoms with Crippen LogP contribution in [-0.2, 0) is 9.53 Å². The minimum absolute atomic E-state index is 0.0437. The van der Waals surface area contributed by atoms with Crippen molar-refractivity contribution in [3.63, 3.8) is 0 Å². The first-order valence-electron chi connectivity index (χ1n) is 8.45. The molecule has 134 valence electrons. The highest BCUT2D eigenvalue weighted by molar-refractivity contribution is 5.94. The minimum atomic E-state index is -0.280. The number of ether oxygens (including phenoxy) is 1. The van der Waals surface area contributed by atoms with E-state index in [-0.39, 0.29) is 17.9 Å². The lowest BCUT2D eigenvalue weighted by Gasteiger charge is -2.08. The van der Waals surface area contributed by atoms with Crippen LogP contribution in [-0.4, -0.2) is 19.6 Å².